The Kier molecular flexibility index (Phi) is 10.3. The summed E-state index contributed by atoms with van der Waals surface area (Å²) in [4.78, 5) is 4.59. The van der Waals surface area contributed by atoms with Crippen LogP contribution in [0.4, 0.5) is 13.2 Å². The lowest BCUT2D eigenvalue weighted by Crippen LogP contribution is -2.46. The second-order valence-corrected chi connectivity index (χ2v) is 9.54. The third-order valence-corrected chi connectivity index (χ3v) is 6.73. The van der Waals surface area contributed by atoms with Crippen molar-refractivity contribution < 1.29 is 21.6 Å². The topological polar surface area (TPSA) is 73.8 Å². The van der Waals surface area contributed by atoms with E-state index < -0.39 is 22.1 Å². The van der Waals surface area contributed by atoms with E-state index in [1.807, 2.05) is 6.92 Å². The van der Waals surface area contributed by atoms with E-state index in [9.17, 15) is 21.6 Å². The van der Waals surface area contributed by atoms with E-state index in [4.69, 9.17) is 0 Å². The van der Waals surface area contributed by atoms with Crippen LogP contribution in [0, 0.1) is 11.8 Å². The second-order valence-electron chi connectivity index (χ2n) is 7.56. The summed E-state index contributed by atoms with van der Waals surface area (Å²) in [6, 6.07) is 0.00785. The molecule has 0 aromatic heterocycles. The minimum absolute atomic E-state index is 0. The van der Waals surface area contributed by atoms with Gasteiger partial charge in [0.15, 0.2) is 5.96 Å². The van der Waals surface area contributed by atoms with Crippen molar-refractivity contribution in [2.45, 2.75) is 57.7 Å². The van der Waals surface area contributed by atoms with Crippen LogP contribution in [0.2, 0.25) is 0 Å². The smallest absolute Gasteiger partial charge is 0.357 e. The lowest BCUT2D eigenvalue weighted by Gasteiger charge is -2.31. The molecule has 2 fully saturated rings. The molecule has 1 aliphatic carbocycles. The highest BCUT2D eigenvalue weighted by Gasteiger charge is 2.41. The number of hydrogen-bond donors (Lipinski definition) is 2. The molecule has 166 valence electrons. The number of nitrogens with zero attached hydrogens (tertiary/aromatic N) is 2. The number of hydrogen-bond acceptors (Lipinski definition) is 3. The van der Waals surface area contributed by atoms with Crippen LogP contribution in [0.3, 0.4) is 0 Å². The molecule has 6 nitrogen and oxygen atoms in total. The number of nitrogens with one attached hydrogen (secondary N) is 2. The van der Waals surface area contributed by atoms with E-state index >= 15 is 0 Å². The van der Waals surface area contributed by atoms with Gasteiger partial charge in [-0.3, -0.25) is 4.99 Å². The highest BCUT2D eigenvalue weighted by molar-refractivity contribution is 14.0. The number of halogens is 4. The predicted molar refractivity (Wildman–Crippen MR) is 115 cm³/mol. The molecule has 0 unspecified atom stereocenters. The normalized spacial score (nSPS) is 25.8. The Hall–Kier alpha value is -0.300. The highest BCUT2D eigenvalue weighted by Crippen LogP contribution is 2.37. The molecule has 0 aromatic carbocycles. The maximum Gasteiger partial charge on any atom is 0.391 e. The fourth-order valence-electron chi connectivity index (χ4n) is 3.72. The molecule has 0 spiro atoms. The summed E-state index contributed by atoms with van der Waals surface area (Å²) in [5, 5.41) is 6.42. The first kappa shape index (κ1) is 25.7. The van der Waals surface area contributed by atoms with E-state index in [2.05, 4.69) is 15.6 Å². The minimum atomic E-state index is -4.09. The van der Waals surface area contributed by atoms with Gasteiger partial charge in [0.05, 0.1) is 12.2 Å². The third kappa shape index (κ3) is 8.21. The molecule has 1 aliphatic heterocycles. The van der Waals surface area contributed by atoms with Gasteiger partial charge in [0.1, 0.15) is 0 Å². The van der Waals surface area contributed by atoms with Crippen LogP contribution in [0.15, 0.2) is 4.99 Å². The SMILES string of the molecule is CCNC(=NCC1CCN(S(C)(=O)=O)CC1)NC1CCC(C(F)(F)F)CC1.I. The van der Waals surface area contributed by atoms with Crippen molar-refractivity contribution in [1.82, 2.24) is 14.9 Å². The van der Waals surface area contributed by atoms with Crippen molar-refractivity contribution in [1.29, 1.82) is 0 Å². The van der Waals surface area contributed by atoms with E-state index in [0.29, 0.717) is 50.9 Å². The molecule has 0 radical (unpaired) electrons. The maximum absolute atomic E-state index is 12.8. The summed E-state index contributed by atoms with van der Waals surface area (Å²) < 4.78 is 63.0. The zero-order valence-electron chi connectivity index (χ0n) is 16.5. The van der Waals surface area contributed by atoms with E-state index in [-0.39, 0.29) is 42.9 Å². The van der Waals surface area contributed by atoms with Crippen molar-refractivity contribution in [3.63, 3.8) is 0 Å². The molecule has 2 rings (SSSR count). The van der Waals surface area contributed by atoms with Crippen LogP contribution in [0.1, 0.15) is 45.4 Å². The van der Waals surface area contributed by atoms with E-state index in [1.54, 1.807) is 0 Å². The van der Waals surface area contributed by atoms with Gasteiger partial charge in [-0.2, -0.15) is 13.2 Å². The summed E-state index contributed by atoms with van der Waals surface area (Å²) in [6.07, 6.45) is -0.0341. The highest BCUT2D eigenvalue weighted by atomic mass is 127. The summed E-state index contributed by atoms with van der Waals surface area (Å²) in [5.74, 6) is -0.229. The summed E-state index contributed by atoms with van der Waals surface area (Å²) in [6.45, 7) is 4.25. The van der Waals surface area contributed by atoms with Crippen LogP contribution in [0.5, 0.6) is 0 Å². The molecule has 2 N–H and O–H groups in total. The van der Waals surface area contributed by atoms with E-state index in [1.165, 1.54) is 10.6 Å². The van der Waals surface area contributed by atoms with Gasteiger partial charge in [-0.25, -0.2) is 12.7 Å². The molecule has 1 saturated heterocycles. The van der Waals surface area contributed by atoms with Crippen molar-refractivity contribution in [3.05, 3.63) is 0 Å². The molecule has 0 atom stereocenters. The fourth-order valence-corrected chi connectivity index (χ4v) is 4.60. The Morgan fingerprint density at radius 1 is 1.11 bits per heavy atom. The zero-order valence-corrected chi connectivity index (χ0v) is 19.6. The number of guanidine groups is 1. The summed E-state index contributed by atoms with van der Waals surface area (Å²) >= 11 is 0. The number of rotatable bonds is 5. The monoisotopic (exact) mass is 540 g/mol. The maximum atomic E-state index is 12.8. The van der Waals surface area contributed by atoms with Gasteiger partial charge in [-0.15, -0.1) is 24.0 Å². The molecule has 1 saturated carbocycles. The Balaban J connectivity index is 0.00000392. The van der Waals surface area contributed by atoms with Crippen LogP contribution in [0.25, 0.3) is 0 Å². The van der Waals surface area contributed by atoms with Gasteiger partial charge in [-0.1, -0.05) is 0 Å². The second kappa shape index (κ2) is 11.2. The van der Waals surface area contributed by atoms with Crippen LogP contribution >= 0.6 is 24.0 Å². The molecule has 0 bridgehead atoms. The Morgan fingerprint density at radius 3 is 2.14 bits per heavy atom. The summed E-state index contributed by atoms with van der Waals surface area (Å²) in [5.41, 5.74) is 0. The molecule has 11 heteroatoms. The first-order valence-electron chi connectivity index (χ1n) is 9.66. The number of sulfonamides is 1. The minimum Gasteiger partial charge on any atom is -0.357 e. The van der Waals surface area contributed by atoms with Crippen molar-refractivity contribution in [2.24, 2.45) is 16.8 Å². The van der Waals surface area contributed by atoms with Gasteiger partial charge >= 0.3 is 6.18 Å². The van der Waals surface area contributed by atoms with Gasteiger partial charge in [0, 0.05) is 32.2 Å². The average molecular weight is 540 g/mol. The van der Waals surface area contributed by atoms with Crippen molar-refractivity contribution in [2.75, 3.05) is 32.4 Å². The lowest BCUT2D eigenvalue weighted by atomic mass is 9.85. The predicted octanol–water partition coefficient (Wildman–Crippen LogP) is 2.95. The Bertz CT molecular complexity index is 600. The summed E-state index contributed by atoms with van der Waals surface area (Å²) in [7, 11) is -3.13. The first-order valence-corrected chi connectivity index (χ1v) is 11.5. The third-order valence-electron chi connectivity index (χ3n) is 5.43. The Labute approximate surface area is 183 Å². The standard InChI is InChI=1S/C17H31F3N4O2S.HI/c1-3-21-16(23-15-6-4-14(5-7-15)17(18,19)20)22-12-13-8-10-24(11-9-13)27(2,25)26;/h13-15H,3-12H2,1-2H3,(H2,21,22,23);1H. The van der Waals surface area contributed by atoms with Crippen LogP contribution < -0.4 is 10.6 Å². The Morgan fingerprint density at radius 2 is 1.68 bits per heavy atom. The molecular formula is C17H32F3IN4O2S. The molecule has 28 heavy (non-hydrogen) atoms. The van der Waals surface area contributed by atoms with Crippen molar-refractivity contribution in [3.8, 4) is 0 Å². The fraction of sp³-hybridized carbons (Fsp3) is 0.941. The van der Waals surface area contributed by atoms with Gasteiger partial charge < -0.3 is 10.6 Å². The first-order chi connectivity index (χ1) is 12.6. The van der Waals surface area contributed by atoms with Gasteiger partial charge in [-0.05, 0) is 51.4 Å². The van der Waals surface area contributed by atoms with Gasteiger partial charge in [0.2, 0.25) is 10.0 Å². The average Bonchev–Trinajstić information content (AvgIpc) is 2.59. The number of alkyl halides is 3. The molecule has 1 heterocycles. The lowest BCUT2D eigenvalue weighted by molar-refractivity contribution is -0.182. The van der Waals surface area contributed by atoms with Crippen LogP contribution in [-0.4, -0.2) is 63.3 Å². The van der Waals surface area contributed by atoms with E-state index in [0.717, 1.165) is 12.8 Å². The number of aliphatic imine (C=N–C) groups is 1. The molecule has 2 aliphatic rings. The largest absolute Gasteiger partial charge is 0.391 e. The van der Waals surface area contributed by atoms with Crippen LogP contribution in [-0.2, 0) is 10.0 Å². The molecular weight excluding hydrogens is 508 g/mol. The number of piperidine rings is 1. The quantitative estimate of drug-likeness (QED) is 0.320. The molecule has 0 amide bonds. The van der Waals surface area contributed by atoms with Gasteiger partial charge in [0.25, 0.3) is 0 Å². The zero-order chi connectivity index (χ0) is 20.1. The van der Waals surface area contributed by atoms with Crippen molar-refractivity contribution >= 4 is 40.0 Å². The molecule has 0 aromatic rings.